The summed E-state index contributed by atoms with van der Waals surface area (Å²) in [6.07, 6.45) is 3.75. The normalized spacial score (nSPS) is 21.5. The number of benzene rings is 1. The highest BCUT2D eigenvalue weighted by atomic mass is 35.5. The van der Waals surface area contributed by atoms with E-state index >= 15 is 0 Å². The van der Waals surface area contributed by atoms with Crippen LogP contribution in [0.4, 0.5) is 4.39 Å². The third-order valence-electron chi connectivity index (χ3n) is 4.69. The molecule has 21 heavy (non-hydrogen) atoms. The van der Waals surface area contributed by atoms with Crippen molar-refractivity contribution < 1.29 is 4.39 Å². The first-order valence-electron chi connectivity index (χ1n) is 7.15. The number of likely N-dealkylation sites (tertiary alicyclic amines) is 1. The van der Waals surface area contributed by atoms with Gasteiger partial charge in [-0.05, 0) is 55.9 Å². The topological polar surface area (TPSA) is 15.3 Å². The van der Waals surface area contributed by atoms with Crippen molar-refractivity contribution >= 4 is 35.6 Å². The van der Waals surface area contributed by atoms with Crippen LogP contribution >= 0.6 is 35.6 Å². The van der Waals surface area contributed by atoms with E-state index in [0.717, 1.165) is 38.3 Å². The predicted octanol–water partition coefficient (Wildman–Crippen LogP) is 4.13. The molecule has 0 amide bonds. The molecule has 1 aromatic rings. The Morgan fingerprint density at radius 1 is 1.14 bits per heavy atom. The maximum absolute atomic E-state index is 13.3. The second-order valence-electron chi connectivity index (χ2n) is 6.05. The van der Waals surface area contributed by atoms with Gasteiger partial charge in [0.15, 0.2) is 0 Å². The van der Waals surface area contributed by atoms with Crippen molar-refractivity contribution in [1.29, 1.82) is 0 Å². The summed E-state index contributed by atoms with van der Waals surface area (Å²) < 4.78 is 13.3. The first-order chi connectivity index (χ1) is 9.60. The Hall–Kier alpha value is -0.0600. The zero-order chi connectivity index (χ0) is 14.2. The van der Waals surface area contributed by atoms with Crippen molar-refractivity contribution in [2.75, 3.05) is 26.2 Å². The van der Waals surface area contributed by atoms with Gasteiger partial charge in [0, 0.05) is 13.1 Å². The van der Waals surface area contributed by atoms with E-state index in [1.54, 1.807) is 6.07 Å². The van der Waals surface area contributed by atoms with Gasteiger partial charge >= 0.3 is 0 Å². The lowest BCUT2D eigenvalue weighted by atomic mass is 9.78. The zero-order valence-electron chi connectivity index (χ0n) is 11.8. The minimum absolute atomic E-state index is 0. The molecule has 0 unspecified atom stereocenters. The van der Waals surface area contributed by atoms with Crippen molar-refractivity contribution in [3.8, 4) is 0 Å². The summed E-state index contributed by atoms with van der Waals surface area (Å²) >= 11 is 12.0. The SMILES string of the molecule is Cl.Fc1ccc(CN2CCC3(CCNCC3)C2)c(Cl)c1Cl. The number of hydrogen-bond acceptors (Lipinski definition) is 2. The molecule has 0 saturated carbocycles. The van der Waals surface area contributed by atoms with Crippen LogP contribution in [-0.4, -0.2) is 31.1 Å². The van der Waals surface area contributed by atoms with Gasteiger partial charge in [-0.15, -0.1) is 12.4 Å². The van der Waals surface area contributed by atoms with E-state index in [2.05, 4.69) is 10.2 Å². The number of nitrogens with one attached hydrogen (secondary N) is 1. The van der Waals surface area contributed by atoms with Crippen LogP contribution in [0.2, 0.25) is 10.0 Å². The molecule has 1 spiro atoms. The zero-order valence-corrected chi connectivity index (χ0v) is 14.1. The van der Waals surface area contributed by atoms with Gasteiger partial charge in [0.2, 0.25) is 0 Å². The van der Waals surface area contributed by atoms with Gasteiger partial charge in [0.05, 0.1) is 10.0 Å². The summed E-state index contributed by atoms with van der Waals surface area (Å²) in [5, 5.41) is 3.83. The van der Waals surface area contributed by atoms with Crippen molar-refractivity contribution in [3.63, 3.8) is 0 Å². The molecule has 3 rings (SSSR count). The number of rotatable bonds is 2. The van der Waals surface area contributed by atoms with Crippen LogP contribution < -0.4 is 5.32 Å². The molecule has 2 fully saturated rings. The molecule has 2 aliphatic rings. The molecule has 2 saturated heterocycles. The summed E-state index contributed by atoms with van der Waals surface area (Å²) in [6, 6.07) is 3.15. The van der Waals surface area contributed by atoms with Crippen molar-refractivity contribution in [1.82, 2.24) is 10.2 Å². The molecule has 118 valence electrons. The highest BCUT2D eigenvalue weighted by Crippen LogP contribution is 2.39. The molecule has 0 radical (unpaired) electrons. The van der Waals surface area contributed by atoms with Crippen molar-refractivity contribution in [2.45, 2.75) is 25.8 Å². The quantitative estimate of drug-likeness (QED) is 0.804. The smallest absolute Gasteiger partial charge is 0.143 e. The summed E-state index contributed by atoms with van der Waals surface area (Å²) in [5.74, 6) is -0.448. The Labute approximate surface area is 141 Å². The molecule has 0 aromatic heterocycles. The predicted molar refractivity (Wildman–Crippen MR) is 88.1 cm³/mol. The Bertz CT molecular complexity index is 504. The molecule has 6 heteroatoms. The number of halogens is 4. The number of hydrogen-bond donors (Lipinski definition) is 1. The van der Waals surface area contributed by atoms with Crippen molar-refractivity contribution in [3.05, 3.63) is 33.6 Å². The maximum atomic E-state index is 13.3. The molecule has 1 N–H and O–H groups in total. The van der Waals surface area contributed by atoms with Crippen LogP contribution in [-0.2, 0) is 6.54 Å². The minimum atomic E-state index is -0.448. The van der Waals surface area contributed by atoms with Gasteiger partial charge in [-0.3, -0.25) is 4.90 Å². The van der Waals surface area contributed by atoms with E-state index in [1.807, 2.05) is 0 Å². The summed E-state index contributed by atoms with van der Waals surface area (Å²) in [6.45, 7) is 5.20. The molecule has 2 aliphatic heterocycles. The van der Waals surface area contributed by atoms with E-state index in [4.69, 9.17) is 23.2 Å². The van der Waals surface area contributed by atoms with Crippen molar-refractivity contribution in [2.24, 2.45) is 5.41 Å². The molecule has 0 atom stereocenters. The van der Waals surface area contributed by atoms with E-state index in [0.29, 0.717) is 10.4 Å². The van der Waals surface area contributed by atoms with Gasteiger partial charge < -0.3 is 5.32 Å². The van der Waals surface area contributed by atoms with Crippen LogP contribution in [0, 0.1) is 11.2 Å². The highest BCUT2D eigenvalue weighted by molar-refractivity contribution is 6.42. The van der Waals surface area contributed by atoms with E-state index in [1.165, 1.54) is 25.3 Å². The molecular weight excluding hydrogens is 334 g/mol. The third-order valence-corrected chi connectivity index (χ3v) is 5.59. The second kappa shape index (κ2) is 7.01. The maximum Gasteiger partial charge on any atom is 0.143 e. The second-order valence-corrected chi connectivity index (χ2v) is 6.80. The summed E-state index contributed by atoms with van der Waals surface area (Å²) in [4.78, 5) is 2.42. The third kappa shape index (κ3) is 3.65. The van der Waals surface area contributed by atoms with Gasteiger partial charge in [-0.1, -0.05) is 29.3 Å². The Morgan fingerprint density at radius 3 is 2.57 bits per heavy atom. The van der Waals surface area contributed by atoms with Crippen LogP contribution in [0.1, 0.15) is 24.8 Å². The first-order valence-corrected chi connectivity index (χ1v) is 7.91. The Balaban J connectivity index is 0.00000161. The molecular formula is C15H20Cl3FN2. The van der Waals surface area contributed by atoms with Gasteiger partial charge in [0.1, 0.15) is 5.82 Å². The monoisotopic (exact) mass is 352 g/mol. The molecule has 1 aromatic carbocycles. The largest absolute Gasteiger partial charge is 0.317 e. The average molecular weight is 354 g/mol. The molecule has 2 nitrogen and oxygen atoms in total. The summed E-state index contributed by atoms with van der Waals surface area (Å²) in [7, 11) is 0. The highest BCUT2D eigenvalue weighted by Gasteiger charge is 2.38. The van der Waals surface area contributed by atoms with Gasteiger partial charge in [-0.2, -0.15) is 0 Å². The fourth-order valence-corrected chi connectivity index (χ4v) is 3.85. The fraction of sp³-hybridized carbons (Fsp3) is 0.600. The van der Waals surface area contributed by atoms with Crippen LogP contribution in [0.15, 0.2) is 12.1 Å². The first kappa shape index (κ1) is 17.3. The molecule has 0 aliphatic carbocycles. The lowest BCUT2D eigenvalue weighted by Gasteiger charge is -2.34. The molecule has 0 bridgehead atoms. The van der Waals surface area contributed by atoms with Crippen LogP contribution in [0.3, 0.4) is 0 Å². The number of nitrogens with zero attached hydrogens (tertiary/aromatic N) is 1. The Morgan fingerprint density at radius 2 is 1.86 bits per heavy atom. The van der Waals surface area contributed by atoms with E-state index in [-0.39, 0.29) is 17.4 Å². The fourth-order valence-electron chi connectivity index (χ4n) is 3.46. The van der Waals surface area contributed by atoms with E-state index < -0.39 is 5.82 Å². The van der Waals surface area contributed by atoms with E-state index in [9.17, 15) is 4.39 Å². The lowest BCUT2D eigenvalue weighted by Crippen LogP contribution is -2.38. The number of piperidine rings is 1. The standard InChI is InChI=1S/C15H19Cl2FN2.ClH/c16-13-11(1-2-12(18)14(13)17)9-20-8-5-15(10-20)3-6-19-7-4-15;/h1-2,19H,3-10H2;1H. The Kier molecular flexibility index (Phi) is 5.77. The van der Waals surface area contributed by atoms with Gasteiger partial charge in [0.25, 0.3) is 0 Å². The van der Waals surface area contributed by atoms with Crippen LogP contribution in [0.5, 0.6) is 0 Å². The molecule has 2 heterocycles. The van der Waals surface area contributed by atoms with Gasteiger partial charge in [-0.25, -0.2) is 4.39 Å². The lowest BCUT2D eigenvalue weighted by molar-refractivity contribution is 0.194. The minimum Gasteiger partial charge on any atom is -0.317 e. The summed E-state index contributed by atoms with van der Waals surface area (Å²) in [5.41, 5.74) is 1.39. The van der Waals surface area contributed by atoms with Crippen LogP contribution in [0.25, 0.3) is 0 Å². The average Bonchev–Trinajstić information content (AvgIpc) is 2.83.